The maximum absolute atomic E-state index is 11.8. The normalized spacial score (nSPS) is 15.1. The van der Waals surface area contributed by atoms with E-state index in [2.05, 4.69) is 5.32 Å². The van der Waals surface area contributed by atoms with Crippen LogP contribution in [0.2, 0.25) is 0 Å². The van der Waals surface area contributed by atoms with Crippen LogP contribution in [0.15, 0.2) is 0 Å². The van der Waals surface area contributed by atoms with Crippen LogP contribution in [0.1, 0.15) is 33.6 Å². The van der Waals surface area contributed by atoms with Gasteiger partial charge in [-0.1, -0.05) is 20.8 Å². The molecule has 0 aliphatic rings. The molecule has 0 radical (unpaired) electrons. The highest BCUT2D eigenvalue weighted by Crippen LogP contribution is 2.20. The maximum atomic E-state index is 11.8. The van der Waals surface area contributed by atoms with Crippen LogP contribution in [0.3, 0.4) is 0 Å². The van der Waals surface area contributed by atoms with Gasteiger partial charge in [0.25, 0.3) is 0 Å². The predicted octanol–water partition coefficient (Wildman–Crippen LogP) is 1.06. The third-order valence-corrected chi connectivity index (χ3v) is 5.87. The van der Waals surface area contributed by atoms with Crippen LogP contribution < -0.4 is 5.32 Å². The third kappa shape index (κ3) is 7.26. The van der Waals surface area contributed by atoms with Crippen LogP contribution in [-0.4, -0.2) is 44.4 Å². The summed E-state index contributed by atoms with van der Waals surface area (Å²) in [6.45, 7) is 5.68. The predicted molar refractivity (Wildman–Crippen MR) is 78.5 cm³/mol. The summed E-state index contributed by atoms with van der Waals surface area (Å²) in [5.74, 6) is 2.11. The molecule has 0 fully saturated rings. The van der Waals surface area contributed by atoms with E-state index in [1.165, 1.54) is 0 Å². The van der Waals surface area contributed by atoms with Crippen LogP contribution in [0.4, 0.5) is 0 Å². The van der Waals surface area contributed by atoms with Crippen molar-refractivity contribution in [3.05, 3.63) is 0 Å². The molecule has 1 N–H and O–H groups in total. The summed E-state index contributed by atoms with van der Waals surface area (Å²) in [6, 6.07) is 0. The van der Waals surface area contributed by atoms with E-state index >= 15 is 0 Å². The lowest BCUT2D eigenvalue weighted by molar-refractivity contribution is -0.128. The molecule has 4 nitrogen and oxygen atoms in total. The molecule has 2 unspecified atom stereocenters. The van der Waals surface area contributed by atoms with Gasteiger partial charge in [-0.2, -0.15) is 0 Å². The summed E-state index contributed by atoms with van der Waals surface area (Å²) in [7, 11) is -0.224. The number of nitrogens with one attached hydrogen (secondary N) is 1. The number of amides is 1. The molecule has 0 saturated carbocycles. The maximum Gasteiger partial charge on any atom is 0.225 e. The molecule has 0 aromatic heterocycles. The Kier molecular flexibility index (Phi) is 8.69. The fourth-order valence-electron chi connectivity index (χ4n) is 1.44. The van der Waals surface area contributed by atoms with Gasteiger partial charge >= 0.3 is 0 Å². The van der Waals surface area contributed by atoms with E-state index in [-0.39, 0.29) is 5.91 Å². The molecule has 108 valence electrons. The first-order chi connectivity index (χ1) is 8.33. The SMILES string of the molecule is CCCS(=O)CCS(=O)CCC(C)(C)C(=O)NC. The number of rotatable bonds is 9. The van der Waals surface area contributed by atoms with Crippen LogP contribution >= 0.6 is 0 Å². The molecule has 0 saturated heterocycles. The second-order valence-electron chi connectivity index (χ2n) is 4.91. The number of hydrogen-bond donors (Lipinski definition) is 1. The molecule has 0 aromatic carbocycles. The zero-order chi connectivity index (χ0) is 14.2. The Morgan fingerprint density at radius 1 is 1.06 bits per heavy atom. The van der Waals surface area contributed by atoms with Gasteiger partial charge in [0.05, 0.1) is 0 Å². The molecular formula is C12H25NO3S2. The Balaban J connectivity index is 3.97. The Morgan fingerprint density at radius 3 is 2.00 bits per heavy atom. The third-order valence-electron chi connectivity index (χ3n) is 2.77. The summed E-state index contributed by atoms with van der Waals surface area (Å²) in [4.78, 5) is 11.5. The molecule has 0 aliphatic carbocycles. The molecule has 0 rings (SSSR count). The van der Waals surface area contributed by atoms with E-state index < -0.39 is 27.0 Å². The van der Waals surface area contributed by atoms with Crippen molar-refractivity contribution in [3.63, 3.8) is 0 Å². The minimum Gasteiger partial charge on any atom is -0.359 e. The molecular weight excluding hydrogens is 270 g/mol. The second kappa shape index (κ2) is 8.80. The molecule has 0 spiro atoms. The van der Waals surface area contributed by atoms with Gasteiger partial charge < -0.3 is 5.32 Å². The first kappa shape index (κ1) is 17.8. The van der Waals surface area contributed by atoms with Gasteiger partial charge in [-0.3, -0.25) is 13.2 Å². The highest BCUT2D eigenvalue weighted by molar-refractivity contribution is 7.88. The monoisotopic (exact) mass is 295 g/mol. The fraction of sp³-hybridized carbons (Fsp3) is 0.917. The van der Waals surface area contributed by atoms with Crippen molar-refractivity contribution < 1.29 is 13.2 Å². The topological polar surface area (TPSA) is 63.2 Å². The van der Waals surface area contributed by atoms with Gasteiger partial charge in [0.15, 0.2) is 0 Å². The molecule has 6 heteroatoms. The summed E-state index contributed by atoms with van der Waals surface area (Å²) in [5, 5.41) is 2.61. The number of carbonyl (C=O) groups excluding carboxylic acids is 1. The number of carbonyl (C=O) groups is 1. The minimum atomic E-state index is -0.982. The average molecular weight is 295 g/mol. The van der Waals surface area contributed by atoms with E-state index in [9.17, 15) is 13.2 Å². The first-order valence-corrected chi connectivity index (χ1v) is 9.23. The average Bonchev–Trinajstić information content (AvgIpc) is 2.33. The standard InChI is InChI=1S/C12H25NO3S2/c1-5-7-17(15)9-10-18(16)8-6-12(2,3)11(14)13-4/h5-10H2,1-4H3,(H,13,14). The zero-order valence-corrected chi connectivity index (χ0v) is 13.4. The zero-order valence-electron chi connectivity index (χ0n) is 11.8. The fourth-order valence-corrected chi connectivity index (χ4v) is 4.53. The van der Waals surface area contributed by atoms with Crippen LogP contribution in [0.5, 0.6) is 0 Å². The van der Waals surface area contributed by atoms with E-state index in [1.54, 1.807) is 7.05 Å². The van der Waals surface area contributed by atoms with Crippen LogP contribution in [-0.2, 0) is 26.4 Å². The van der Waals surface area contributed by atoms with Crippen LogP contribution in [0, 0.1) is 5.41 Å². The van der Waals surface area contributed by atoms with Crippen molar-refractivity contribution in [3.8, 4) is 0 Å². The van der Waals surface area contributed by atoms with Crippen molar-refractivity contribution in [2.75, 3.05) is 30.1 Å². The lowest BCUT2D eigenvalue weighted by atomic mass is 9.89. The molecule has 2 atom stereocenters. The molecule has 18 heavy (non-hydrogen) atoms. The largest absolute Gasteiger partial charge is 0.359 e. The molecule has 0 aliphatic heterocycles. The lowest BCUT2D eigenvalue weighted by Gasteiger charge is -2.21. The lowest BCUT2D eigenvalue weighted by Crippen LogP contribution is -2.35. The van der Waals surface area contributed by atoms with Crippen molar-refractivity contribution in [1.29, 1.82) is 0 Å². The van der Waals surface area contributed by atoms with Crippen molar-refractivity contribution >= 4 is 27.5 Å². The van der Waals surface area contributed by atoms with E-state index in [1.807, 2.05) is 20.8 Å². The second-order valence-corrected chi connectivity index (χ2v) is 8.30. The van der Waals surface area contributed by atoms with E-state index in [0.29, 0.717) is 29.4 Å². The molecule has 0 aromatic rings. The quantitative estimate of drug-likeness (QED) is 0.692. The van der Waals surface area contributed by atoms with Gasteiger partial charge in [-0.15, -0.1) is 0 Å². The number of hydrogen-bond acceptors (Lipinski definition) is 3. The summed E-state index contributed by atoms with van der Waals surface area (Å²) < 4.78 is 23.2. The van der Waals surface area contributed by atoms with Gasteiger partial charge in [0.2, 0.25) is 5.91 Å². The summed E-state index contributed by atoms with van der Waals surface area (Å²) in [5.41, 5.74) is -0.493. The highest BCUT2D eigenvalue weighted by Gasteiger charge is 2.26. The van der Waals surface area contributed by atoms with Gasteiger partial charge in [-0.25, -0.2) is 0 Å². The van der Waals surface area contributed by atoms with Crippen molar-refractivity contribution in [2.45, 2.75) is 33.6 Å². The van der Waals surface area contributed by atoms with E-state index in [0.717, 1.165) is 6.42 Å². The Hall–Kier alpha value is -0.230. The van der Waals surface area contributed by atoms with Gasteiger partial charge in [0, 0.05) is 57.1 Å². The van der Waals surface area contributed by atoms with Crippen molar-refractivity contribution in [2.24, 2.45) is 5.41 Å². The Bertz CT molecular complexity index is 316. The minimum absolute atomic E-state index is 0.0333. The molecule has 0 heterocycles. The summed E-state index contributed by atoms with van der Waals surface area (Å²) >= 11 is 0. The van der Waals surface area contributed by atoms with Crippen molar-refractivity contribution in [1.82, 2.24) is 5.32 Å². The smallest absolute Gasteiger partial charge is 0.225 e. The summed E-state index contributed by atoms with van der Waals surface area (Å²) in [6.07, 6.45) is 1.47. The van der Waals surface area contributed by atoms with Gasteiger partial charge in [-0.05, 0) is 12.8 Å². The Morgan fingerprint density at radius 2 is 1.56 bits per heavy atom. The van der Waals surface area contributed by atoms with Crippen LogP contribution in [0.25, 0.3) is 0 Å². The van der Waals surface area contributed by atoms with Gasteiger partial charge in [0.1, 0.15) is 0 Å². The first-order valence-electron chi connectivity index (χ1n) is 6.25. The molecule has 0 bridgehead atoms. The van der Waals surface area contributed by atoms with E-state index in [4.69, 9.17) is 0 Å². The Labute approximate surface area is 115 Å². The molecule has 1 amide bonds. The highest BCUT2D eigenvalue weighted by atomic mass is 32.2.